The molecule has 0 aliphatic carbocycles. The van der Waals surface area contributed by atoms with E-state index >= 15 is 0 Å². The van der Waals surface area contributed by atoms with Crippen LogP contribution in [0.15, 0.2) is 46.2 Å². The van der Waals surface area contributed by atoms with E-state index in [9.17, 15) is 10.0 Å². The van der Waals surface area contributed by atoms with E-state index in [1.807, 2.05) is 18.7 Å². The van der Waals surface area contributed by atoms with E-state index in [4.69, 9.17) is 4.84 Å². The molecule has 2 aromatic rings. The van der Waals surface area contributed by atoms with Crippen molar-refractivity contribution >= 4 is 27.5 Å². The average molecular weight is 637 g/mol. The molecule has 9 heteroatoms. The molecule has 2 aliphatic heterocycles. The van der Waals surface area contributed by atoms with Gasteiger partial charge in [0, 0.05) is 42.0 Å². The summed E-state index contributed by atoms with van der Waals surface area (Å²) in [4.78, 5) is 23.3. The SMILES string of the molecule is CCO/N=C(/c1ccc(Br)cc1)C1CCN(C2(C)CCN(C(=O)c3c(C)cc[n+]([O-])c3C)CC2)CC1.[Br-]. The second-order valence-corrected chi connectivity index (χ2v) is 11.2. The Labute approximate surface area is 239 Å². The van der Waals surface area contributed by atoms with E-state index < -0.39 is 0 Å². The van der Waals surface area contributed by atoms with Crippen LogP contribution in [-0.2, 0) is 4.84 Å². The van der Waals surface area contributed by atoms with Crippen molar-refractivity contribution in [2.45, 2.75) is 58.9 Å². The van der Waals surface area contributed by atoms with Gasteiger partial charge in [0.15, 0.2) is 6.20 Å². The topological polar surface area (TPSA) is 72.1 Å². The molecule has 0 spiro atoms. The summed E-state index contributed by atoms with van der Waals surface area (Å²) in [7, 11) is 0. The predicted molar refractivity (Wildman–Crippen MR) is 145 cm³/mol. The largest absolute Gasteiger partial charge is 1.00 e. The Morgan fingerprint density at radius 3 is 2.35 bits per heavy atom. The summed E-state index contributed by atoms with van der Waals surface area (Å²) in [5, 5.41) is 16.6. The molecular weight excluding hydrogens is 600 g/mol. The number of aromatic nitrogens is 1. The minimum absolute atomic E-state index is 0. The lowest BCUT2D eigenvalue weighted by atomic mass is 9.82. The van der Waals surface area contributed by atoms with Crippen molar-refractivity contribution in [1.82, 2.24) is 9.80 Å². The molecule has 0 saturated carbocycles. The van der Waals surface area contributed by atoms with Crippen molar-refractivity contribution in [3.05, 3.63) is 68.6 Å². The molecule has 202 valence electrons. The van der Waals surface area contributed by atoms with Crippen molar-refractivity contribution in [2.75, 3.05) is 32.8 Å². The molecule has 4 rings (SSSR count). The first-order chi connectivity index (χ1) is 17.2. The van der Waals surface area contributed by atoms with Crippen LogP contribution in [0.25, 0.3) is 0 Å². The number of benzene rings is 1. The van der Waals surface area contributed by atoms with Gasteiger partial charge in [-0.15, -0.1) is 0 Å². The van der Waals surface area contributed by atoms with Crippen molar-refractivity contribution in [1.29, 1.82) is 0 Å². The first-order valence-electron chi connectivity index (χ1n) is 12.9. The Kier molecular flexibility index (Phi) is 10.2. The highest BCUT2D eigenvalue weighted by Crippen LogP contribution is 2.34. The van der Waals surface area contributed by atoms with Gasteiger partial charge in [0.2, 0.25) is 5.69 Å². The summed E-state index contributed by atoms with van der Waals surface area (Å²) in [5.74, 6) is 0.337. The second-order valence-electron chi connectivity index (χ2n) is 10.2. The van der Waals surface area contributed by atoms with Gasteiger partial charge < -0.3 is 31.9 Å². The predicted octanol–water partition coefficient (Wildman–Crippen LogP) is 1.85. The van der Waals surface area contributed by atoms with Gasteiger partial charge in [0.1, 0.15) is 12.2 Å². The first-order valence-corrected chi connectivity index (χ1v) is 13.7. The molecular formula is C28H37Br2N4O3-. The molecule has 0 bridgehead atoms. The quantitative estimate of drug-likeness (QED) is 0.210. The lowest BCUT2D eigenvalue weighted by molar-refractivity contribution is -0.612. The van der Waals surface area contributed by atoms with E-state index in [-0.39, 0.29) is 28.4 Å². The van der Waals surface area contributed by atoms with Crippen molar-refractivity contribution < 1.29 is 31.3 Å². The number of nitrogens with zero attached hydrogens (tertiary/aromatic N) is 4. The van der Waals surface area contributed by atoms with Gasteiger partial charge in [-0.05, 0) is 82.8 Å². The van der Waals surface area contributed by atoms with E-state index in [1.165, 1.54) is 6.20 Å². The fourth-order valence-corrected chi connectivity index (χ4v) is 5.83. The maximum atomic E-state index is 13.3. The van der Waals surface area contributed by atoms with Gasteiger partial charge in [0.05, 0.1) is 5.71 Å². The van der Waals surface area contributed by atoms with Crippen molar-refractivity contribution in [3.63, 3.8) is 0 Å². The van der Waals surface area contributed by atoms with Gasteiger partial charge >= 0.3 is 0 Å². The number of oxime groups is 1. The van der Waals surface area contributed by atoms with Gasteiger partial charge in [-0.25, -0.2) is 0 Å². The zero-order valence-electron chi connectivity index (χ0n) is 22.2. The molecule has 7 nitrogen and oxygen atoms in total. The normalized spacial score (nSPS) is 18.8. The van der Waals surface area contributed by atoms with Crippen LogP contribution in [0.3, 0.4) is 0 Å². The van der Waals surface area contributed by atoms with Crippen LogP contribution in [0.1, 0.15) is 66.7 Å². The lowest BCUT2D eigenvalue weighted by Crippen LogP contribution is -3.00. The summed E-state index contributed by atoms with van der Waals surface area (Å²) in [6, 6.07) is 10.0. The van der Waals surface area contributed by atoms with Crippen LogP contribution in [-0.4, -0.2) is 59.7 Å². The van der Waals surface area contributed by atoms with Crippen LogP contribution in [0.4, 0.5) is 0 Å². The van der Waals surface area contributed by atoms with E-state index in [2.05, 4.69) is 57.2 Å². The van der Waals surface area contributed by atoms with Gasteiger partial charge in [-0.2, -0.15) is 4.73 Å². The number of halogens is 2. The fourth-order valence-electron chi connectivity index (χ4n) is 5.57. The number of rotatable bonds is 6. The minimum Gasteiger partial charge on any atom is -1.00 e. The Morgan fingerprint density at radius 2 is 1.76 bits per heavy atom. The standard InChI is InChI=1S/C28H37BrN4O3.BrH/c1-5-36-30-26(22-6-8-24(29)9-7-22)23-11-15-32(16-12-23)28(4)13-18-31(19-14-28)27(34)25-20(2)10-17-33(35)21(25)3;/h6-10,17,23H,5,11-16,18-19H2,1-4H3;1H/p-1/b30-26-;. The van der Waals surface area contributed by atoms with E-state index in [1.54, 1.807) is 13.0 Å². The van der Waals surface area contributed by atoms with Crippen LogP contribution >= 0.6 is 15.9 Å². The molecule has 1 amide bonds. The van der Waals surface area contributed by atoms with E-state index in [0.29, 0.717) is 36.9 Å². The number of hydrogen-bond acceptors (Lipinski definition) is 5. The van der Waals surface area contributed by atoms with Crippen LogP contribution in [0, 0.1) is 25.0 Å². The van der Waals surface area contributed by atoms with Crippen molar-refractivity contribution in [2.24, 2.45) is 11.1 Å². The highest BCUT2D eigenvalue weighted by atomic mass is 79.9. The zero-order chi connectivity index (χ0) is 25.9. The van der Waals surface area contributed by atoms with Gasteiger partial charge in [-0.1, -0.05) is 33.2 Å². The third-order valence-electron chi connectivity index (χ3n) is 7.97. The number of aryl methyl sites for hydroxylation is 1. The number of piperidine rings is 2. The molecule has 2 saturated heterocycles. The molecule has 1 aromatic carbocycles. The number of amides is 1. The second kappa shape index (κ2) is 12.7. The maximum Gasteiger partial charge on any atom is 0.260 e. The minimum atomic E-state index is -0.0257. The van der Waals surface area contributed by atoms with Crippen LogP contribution in [0.5, 0.6) is 0 Å². The third-order valence-corrected chi connectivity index (χ3v) is 8.49. The monoisotopic (exact) mass is 635 g/mol. The van der Waals surface area contributed by atoms with Crippen LogP contribution in [0.2, 0.25) is 0 Å². The average Bonchev–Trinajstić information content (AvgIpc) is 2.88. The molecule has 3 heterocycles. The Hall–Kier alpha value is -1.97. The highest BCUT2D eigenvalue weighted by molar-refractivity contribution is 9.10. The smallest absolute Gasteiger partial charge is 0.260 e. The van der Waals surface area contributed by atoms with E-state index in [0.717, 1.165) is 64.8 Å². The van der Waals surface area contributed by atoms with Gasteiger partial charge in [0.25, 0.3) is 5.91 Å². The summed E-state index contributed by atoms with van der Waals surface area (Å²) in [5.41, 5.74) is 4.11. The Bertz CT molecular complexity index is 1110. The molecule has 0 atom stereocenters. The van der Waals surface area contributed by atoms with Crippen molar-refractivity contribution in [3.8, 4) is 0 Å². The third kappa shape index (κ3) is 6.55. The fraction of sp³-hybridized carbons (Fsp3) is 0.536. The molecule has 2 aliphatic rings. The summed E-state index contributed by atoms with van der Waals surface area (Å²) in [6.07, 6.45) is 5.40. The Morgan fingerprint density at radius 1 is 1.14 bits per heavy atom. The van der Waals surface area contributed by atoms with Gasteiger partial charge in [-0.3, -0.25) is 9.69 Å². The highest BCUT2D eigenvalue weighted by Gasteiger charge is 2.40. The number of carbonyl (C=O) groups is 1. The first kappa shape index (κ1) is 29.6. The summed E-state index contributed by atoms with van der Waals surface area (Å²) >= 11 is 3.52. The zero-order valence-corrected chi connectivity index (χ0v) is 25.3. The number of carbonyl (C=O) groups excluding carboxylic acids is 1. The number of likely N-dealkylation sites (tertiary alicyclic amines) is 2. The number of hydrogen-bond donors (Lipinski definition) is 0. The molecule has 0 unspecified atom stereocenters. The molecule has 0 radical (unpaired) electrons. The lowest BCUT2D eigenvalue weighted by Gasteiger charge is -2.49. The summed E-state index contributed by atoms with van der Waals surface area (Å²) < 4.78 is 1.84. The molecule has 37 heavy (non-hydrogen) atoms. The molecule has 1 aromatic heterocycles. The number of pyridine rings is 1. The van der Waals surface area contributed by atoms with Crippen LogP contribution < -0.4 is 21.7 Å². The Balaban J connectivity index is 0.00000380. The molecule has 0 N–H and O–H groups in total. The molecule has 2 fully saturated rings. The summed E-state index contributed by atoms with van der Waals surface area (Å²) in [6.45, 7) is 11.9. The maximum absolute atomic E-state index is 13.3.